The van der Waals surface area contributed by atoms with E-state index in [4.69, 9.17) is 19.3 Å². The summed E-state index contributed by atoms with van der Waals surface area (Å²) in [6, 6.07) is 0. The van der Waals surface area contributed by atoms with E-state index in [1.807, 2.05) is 0 Å². The predicted molar refractivity (Wildman–Crippen MR) is 76.3 cm³/mol. The lowest BCUT2D eigenvalue weighted by Crippen LogP contribution is -2.63. The number of rotatable bonds is 3. The summed E-state index contributed by atoms with van der Waals surface area (Å²) in [4.78, 5) is 12.0. The van der Waals surface area contributed by atoms with Crippen LogP contribution >= 0.6 is 22.6 Å². The van der Waals surface area contributed by atoms with Crippen LogP contribution in [0.1, 0.15) is 25.7 Å². The van der Waals surface area contributed by atoms with Crippen LogP contribution in [0.5, 0.6) is 0 Å². The van der Waals surface area contributed by atoms with Crippen LogP contribution in [0.2, 0.25) is 0 Å². The molecule has 2 saturated heterocycles. The maximum Gasteiger partial charge on any atom is 0.306 e. The van der Waals surface area contributed by atoms with E-state index in [1.165, 1.54) is 0 Å². The third kappa shape index (κ3) is 2.27. The normalized spacial score (nSPS) is 40.6. The molecule has 0 aromatic rings. The summed E-state index contributed by atoms with van der Waals surface area (Å²) >= 11 is 2.27. The van der Waals surface area contributed by atoms with Gasteiger partial charge in [0.25, 0.3) is 0 Å². The lowest BCUT2D eigenvalue weighted by Gasteiger charge is -2.55. The quantitative estimate of drug-likeness (QED) is 0.406. The van der Waals surface area contributed by atoms with Gasteiger partial charge in [0.05, 0.1) is 36.3 Å². The van der Waals surface area contributed by atoms with Crippen molar-refractivity contribution in [2.75, 3.05) is 19.8 Å². The number of hydrogen-bond donors (Lipinski definition) is 2. The molecule has 0 amide bonds. The van der Waals surface area contributed by atoms with Crippen LogP contribution in [-0.4, -0.2) is 57.9 Å². The Morgan fingerprint density at radius 3 is 2.70 bits per heavy atom. The second-order valence-electron chi connectivity index (χ2n) is 5.90. The van der Waals surface area contributed by atoms with Gasteiger partial charge in [-0.05, 0) is 12.8 Å². The molecule has 7 heteroatoms. The van der Waals surface area contributed by atoms with E-state index < -0.39 is 17.3 Å². The van der Waals surface area contributed by atoms with E-state index in [2.05, 4.69) is 22.6 Å². The molecule has 0 aromatic carbocycles. The second-order valence-corrected chi connectivity index (χ2v) is 7.50. The Bertz CT molecular complexity index is 392. The zero-order chi connectivity index (χ0) is 14.4. The average molecular weight is 398 g/mol. The first-order chi connectivity index (χ1) is 9.50. The highest BCUT2D eigenvalue weighted by Gasteiger charge is 2.64. The summed E-state index contributed by atoms with van der Waals surface area (Å²) in [5, 5.41) is 19.1. The molecule has 114 valence electrons. The van der Waals surface area contributed by atoms with Crippen LogP contribution in [0.4, 0.5) is 0 Å². The van der Waals surface area contributed by atoms with Crippen molar-refractivity contribution in [1.29, 1.82) is 0 Å². The molecule has 3 aliphatic rings. The van der Waals surface area contributed by atoms with E-state index in [0.717, 1.165) is 0 Å². The van der Waals surface area contributed by atoms with E-state index in [9.17, 15) is 9.90 Å². The zero-order valence-corrected chi connectivity index (χ0v) is 13.2. The van der Waals surface area contributed by atoms with Crippen molar-refractivity contribution in [3.05, 3.63) is 0 Å². The Morgan fingerprint density at radius 2 is 2.05 bits per heavy atom. The maximum absolute atomic E-state index is 12.0. The summed E-state index contributed by atoms with van der Waals surface area (Å²) in [6.07, 6.45) is 0.674. The van der Waals surface area contributed by atoms with Crippen molar-refractivity contribution < 1.29 is 29.2 Å². The Morgan fingerprint density at radius 1 is 1.35 bits per heavy atom. The van der Waals surface area contributed by atoms with Crippen molar-refractivity contribution >= 4 is 28.6 Å². The largest absolute Gasteiger partial charge is 0.461 e. The molecule has 1 aliphatic carbocycles. The lowest BCUT2D eigenvalue weighted by molar-refractivity contribution is -0.288. The third-order valence-corrected chi connectivity index (χ3v) is 5.87. The van der Waals surface area contributed by atoms with Gasteiger partial charge in [0.2, 0.25) is 0 Å². The van der Waals surface area contributed by atoms with E-state index in [1.54, 1.807) is 0 Å². The molecule has 0 unspecified atom stereocenters. The number of carbonyl (C=O) groups is 1. The van der Waals surface area contributed by atoms with Crippen LogP contribution < -0.4 is 0 Å². The molecule has 1 spiro atoms. The maximum atomic E-state index is 12.0. The van der Waals surface area contributed by atoms with Crippen molar-refractivity contribution in [3.63, 3.8) is 0 Å². The second kappa shape index (κ2) is 5.35. The highest BCUT2D eigenvalue weighted by Crippen LogP contribution is 2.58. The average Bonchev–Trinajstić information content (AvgIpc) is 2.86. The minimum Gasteiger partial charge on any atom is -0.461 e. The Balaban J connectivity index is 1.96. The lowest BCUT2D eigenvalue weighted by atomic mass is 9.62. The molecule has 2 heterocycles. The summed E-state index contributed by atoms with van der Waals surface area (Å²) in [6.45, 7) is 0.672. The molecule has 20 heavy (non-hydrogen) atoms. The first-order valence-electron chi connectivity index (χ1n) is 6.91. The standard InChI is InChI=1S/C13H19IO6/c14-9-4-13(18-1-2-19-13)12(3-8(16)7-15)5-10(9)20-11(17)6-12/h8-10,15-16H,1-7H2/t8-,9+,10-,12+/m0/s1. The van der Waals surface area contributed by atoms with Gasteiger partial charge in [0, 0.05) is 11.8 Å². The molecular formula is C13H19IO6. The van der Waals surface area contributed by atoms with Gasteiger partial charge in [-0.15, -0.1) is 0 Å². The van der Waals surface area contributed by atoms with Crippen LogP contribution in [0.15, 0.2) is 0 Å². The van der Waals surface area contributed by atoms with Crippen LogP contribution in [0.3, 0.4) is 0 Å². The summed E-state index contributed by atoms with van der Waals surface area (Å²) in [7, 11) is 0. The number of halogens is 1. The van der Waals surface area contributed by atoms with Crippen molar-refractivity contribution in [2.24, 2.45) is 5.41 Å². The van der Waals surface area contributed by atoms with Gasteiger partial charge in [-0.2, -0.15) is 0 Å². The van der Waals surface area contributed by atoms with Gasteiger partial charge >= 0.3 is 5.97 Å². The number of fused-ring (bicyclic) bond motifs is 3. The first kappa shape index (κ1) is 15.0. The topological polar surface area (TPSA) is 85.2 Å². The molecule has 6 nitrogen and oxygen atoms in total. The smallest absolute Gasteiger partial charge is 0.306 e. The first-order valence-corrected chi connectivity index (χ1v) is 8.15. The molecule has 3 rings (SSSR count). The van der Waals surface area contributed by atoms with E-state index in [-0.39, 0.29) is 29.0 Å². The van der Waals surface area contributed by atoms with Gasteiger partial charge in [0.15, 0.2) is 5.79 Å². The van der Waals surface area contributed by atoms with Gasteiger partial charge in [0.1, 0.15) is 6.10 Å². The third-order valence-electron chi connectivity index (χ3n) is 4.62. The number of carbonyl (C=O) groups excluding carboxylic acids is 1. The van der Waals surface area contributed by atoms with Gasteiger partial charge in [-0.25, -0.2) is 0 Å². The molecule has 2 N–H and O–H groups in total. The Labute approximate surface area is 130 Å². The predicted octanol–water partition coefficient (Wildman–Crippen LogP) is 0.372. The molecule has 2 aliphatic heterocycles. The zero-order valence-electron chi connectivity index (χ0n) is 11.1. The monoisotopic (exact) mass is 398 g/mol. The molecule has 4 atom stereocenters. The van der Waals surface area contributed by atoms with Crippen LogP contribution in [-0.2, 0) is 19.0 Å². The molecule has 0 aromatic heterocycles. The molecular weight excluding hydrogens is 379 g/mol. The van der Waals surface area contributed by atoms with Crippen molar-refractivity contribution in [3.8, 4) is 0 Å². The molecule has 2 bridgehead atoms. The van der Waals surface area contributed by atoms with E-state index >= 15 is 0 Å². The fourth-order valence-corrected chi connectivity index (χ4v) is 4.77. The summed E-state index contributed by atoms with van der Waals surface area (Å²) in [5.74, 6) is -1.10. The number of esters is 1. The number of ether oxygens (including phenoxy) is 3. The number of aliphatic hydroxyl groups is 2. The van der Waals surface area contributed by atoms with Gasteiger partial charge in [-0.1, -0.05) is 22.6 Å². The van der Waals surface area contributed by atoms with Crippen LogP contribution in [0.25, 0.3) is 0 Å². The summed E-state index contributed by atoms with van der Waals surface area (Å²) in [5.41, 5.74) is -0.604. The minimum atomic E-state index is -0.878. The Hall–Kier alpha value is 0.0400. The fraction of sp³-hybridized carbons (Fsp3) is 0.923. The van der Waals surface area contributed by atoms with Crippen molar-refractivity contribution in [1.82, 2.24) is 0 Å². The SMILES string of the molecule is O=C1C[C@@]2(C[C@H](O)CO)C[C@H](O1)[C@H](I)CC21OCCO1. The number of alkyl halides is 1. The molecule has 0 radical (unpaired) electrons. The van der Waals surface area contributed by atoms with Crippen molar-refractivity contribution in [2.45, 2.75) is 47.6 Å². The van der Waals surface area contributed by atoms with Gasteiger partial charge < -0.3 is 24.4 Å². The van der Waals surface area contributed by atoms with E-state index in [0.29, 0.717) is 32.5 Å². The molecule has 3 fully saturated rings. The highest BCUT2D eigenvalue weighted by atomic mass is 127. The number of hydrogen-bond acceptors (Lipinski definition) is 6. The van der Waals surface area contributed by atoms with Gasteiger partial charge in [-0.3, -0.25) is 4.79 Å². The molecule has 1 saturated carbocycles. The Kier molecular flexibility index (Phi) is 4.00. The highest BCUT2D eigenvalue weighted by molar-refractivity contribution is 14.1. The minimum absolute atomic E-state index is 0.134. The fourth-order valence-electron chi connectivity index (χ4n) is 3.79. The number of aliphatic hydroxyl groups excluding tert-OH is 2. The van der Waals surface area contributed by atoms with Crippen LogP contribution in [0, 0.1) is 5.41 Å². The summed E-state index contributed by atoms with van der Waals surface area (Å²) < 4.78 is 17.4.